The van der Waals surface area contributed by atoms with Crippen molar-refractivity contribution in [2.75, 3.05) is 12.4 Å². The van der Waals surface area contributed by atoms with Gasteiger partial charge in [0, 0.05) is 17.9 Å². The van der Waals surface area contributed by atoms with Gasteiger partial charge < -0.3 is 10.1 Å². The van der Waals surface area contributed by atoms with Crippen LogP contribution in [-0.2, 0) is 16.0 Å². The number of thiocarbonyl (C=S) groups is 1. The molecule has 1 amide bonds. The Morgan fingerprint density at radius 3 is 2.71 bits per heavy atom. The number of halogens is 2. The van der Waals surface area contributed by atoms with Crippen LogP contribution in [-0.4, -0.2) is 18.1 Å². The zero-order chi connectivity index (χ0) is 16.0. The van der Waals surface area contributed by atoms with E-state index in [0.29, 0.717) is 29.4 Å². The van der Waals surface area contributed by atoms with Crippen molar-refractivity contribution in [3.63, 3.8) is 0 Å². The fraction of sp³-hybridized carbons (Fsp3) is 0.467. The number of methoxy groups -OCH3 is 1. The summed E-state index contributed by atoms with van der Waals surface area (Å²) in [4.78, 5) is 11.8. The third kappa shape index (κ3) is 5.98. The summed E-state index contributed by atoms with van der Waals surface area (Å²) in [5.74, 6) is -0.365. The highest BCUT2D eigenvalue weighted by molar-refractivity contribution is 7.80. The summed E-state index contributed by atoms with van der Waals surface area (Å²) >= 11 is 10.9. The van der Waals surface area contributed by atoms with Gasteiger partial charge in [0.25, 0.3) is 0 Å². The minimum atomic E-state index is -0.565. The summed E-state index contributed by atoms with van der Waals surface area (Å²) in [6, 6.07) is 2.67. The van der Waals surface area contributed by atoms with E-state index < -0.39 is 5.82 Å². The Morgan fingerprint density at radius 2 is 2.14 bits per heavy atom. The Bertz CT molecular complexity index is 535. The molecule has 0 bridgehead atoms. The largest absolute Gasteiger partial charge is 0.490 e. The normalized spacial score (nSPS) is 10.6. The molecule has 1 aromatic rings. The molecule has 21 heavy (non-hydrogen) atoms. The molecule has 0 atom stereocenters. The molecule has 0 unspecified atom stereocenters. The second-order valence-electron chi connectivity index (χ2n) is 5.16. The zero-order valence-corrected chi connectivity index (χ0v) is 13.9. The van der Waals surface area contributed by atoms with Crippen molar-refractivity contribution in [2.45, 2.75) is 33.1 Å². The van der Waals surface area contributed by atoms with Gasteiger partial charge in [-0.25, -0.2) is 4.39 Å². The lowest BCUT2D eigenvalue weighted by molar-refractivity contribution is -0.116. The van der Waals surface area contributed by atoms with Gasteiger partial charge in [0.1, 0.15) is 5.82 Å². The molecule has 0 radical (unpaired) electrons. The molecule has 0 heterocycles. The van der Waals surface area contributed by atoms with E-state index in [9.17, 15) is 9.18 Å². The third-order valence-corrected chi connectivity index (χ3v) is 3.58. The van der Waals surface area contributed by atoms with E-state index in [1.807, 2.05) is 13.8 Å². The lowest BCUT2D eigenvalue weighted by Crippen LogP contribution is -2.14. The smallest absolute Gasteiger partial charge is 0.224 e. The van der Waals surface area contributed by atoms with Gasteiger partial charge in [0.2, 0.25) is 5.91 Å². The molecule has 0 aliphatic carbocycles. The van der Waals surface area contributed by atoms with Gasteiger partial charge in [-0.3, -0.25) is 4.79 Å². The number of amides is 1. The van der Waals surface area contributed by atoms with Crippen molar-refractivity contribution in [3.8, 4) is 0 Å². The molecule has 0 spiro atoms. The second-order valence-corrected chi connectivity index (χ2v) is 6.02. The number of rotatable bonds is 6. The lowest BCUT2D eigenvalue weighted by atomic mass is 10.1. The lowest BCUT2D eigenvalue weighted by Gasteiger charge is -2.11. The first-order valence-corrected chi connectivity index (χ1v) is 7.46. The van der Waals surface area contributed by atoms with Gasteiger partial charge in [-0.05, 0) is 42.3 Å². The fourth-order valence-corrected chi connectivity index (χ4v) is 2.06. The van der Waals surface area contributed by atoms with E-state index in [0.717, 1.165) is 6.42 Å². The maximum Gasteiger partial charge on any atom is 0.224 e. The van der Waals surface area contributed by atoms with Crippen LogP contribution in [0.1, 0.15) is 32.3 Å². The Hall–Kier alpha value is -1.20. The molecule has 3 nitrogen and oxygen atoms in total. The maximum atomic E-state index is 13.8. The maximum absolute atomic E-state index is 13.8. The highest BCUT2D eigenvalue weighted by Gasteiger charge is 2.13. The number of nitrogens with one attached hydrogen (secondary N) is 1. The van der Waals surface area contributed by atoms with E-state index >= 15 is 0 Å². The van der Waals surface area contributed by atoms with Crippen LogP contribution in [0.25, 0.3) is 0 Å². The topological polar surface area (TPSA) is 38.3 Å². The van der Waals surface area contributed by atoms with Crippen molar-refractivity contribution in [1.29, 1.82) is 0 Å². The minimum Gasteiger partial charge on any atom is -0.490 e. The highest BCUT2D eigenvalue weighted by atomic mass is 35.5. The SMILES string of the molecule is COC(=S)Cc1cc(NC(=O)CCC(C)C)c(F)cc1Cl. The average Bonchev–Trinajstić information content (AvgIpc) is 2.41. The molecule has 0 aromatic heterocycles. The first-order valence-electron chi connectivity index (χ1n) is 6.68. The van der Waals surface area contributed by atoms with E-state index in [1.54, 1.807) is 0 Å². The third-order valence-electron chi connectivity index (χ3n) is 2.92. The van der Waals surface area contributed by atoms with Gasteiger partial charge in [0.15, 0.2) is 5.05 Å². The Labute approximate surface area is 134 Å². The summed E-state index contributed by atoms with van der Waals surface area (Å²) in [5.41, 5.74) is 0.728. The molecular formula is C15H19ClFNO2S. The van der Waals surface area contributed by atoms with Crippen LogP contribution >= 0.6 is 23.8 Å². The zero-order valence-electron chi connectivity index (χ0n) is 12.3. The van der Waals surface area contributed by atoms with E-state index in [2.05, 4.69) is 5.32 Å². The van der Waals surface area contributed by atoms with Crippen molar-refractivity contribution >= 4 is 40.5 Å². The van der Waals surface area contributed by atoms with E-state index in [-0.39, 0.29) is 16.6 Å². The monoisotopic (exact) mass is 331 g/mol. The summed E-state index contributed by atoms with van der Waals surface area (Å²) in [6.45, 7) is 4.06. The summed E-state index contributed by atoms with van der Waals surface area (Å²) in [6.07, 6.45) is 1.40. The highest BCUT2D eigenvalue weighted by Crippen LogP contribution is 2.25. The molecule has 0 aliphatic heterocycles. The molecule has 116 valence electrons. The standard InChI is InChI=1S/C15H19ClFNO2S/c1-9(2)4-5-14(19)18-13-6-10(7-15(21)20-3)11(16)8-12(13)17/h6,8-9H,4-5,7H2,1-3H3,(H,18,19). The predicted octanol–water partition coefficient (Wildman–Crippen LogP) is 4.37. The summed E-state index contributed by atoms with van der Waals surface area (Å²) in [5, 5.41) is 3.17. The Balaban J connectivity index is 2.84. The van der Waals surface area contributed by atoms with Crippen LogP contribution < -0.4 is 5.32 Å². The Kier molecular flexibility index (Phi) is 7.05. The van der Waals surface area contributed by atoms with Gasteiger partial charge in [-0.2, -0.15) is 0 Å². The quantitative estimate of drug-likeness (QED) is 0.787. The van der Waals surface area contributed by atoms with Crippen molar-refractivity contribution in [3.05, 3.63) is 28.5 Å². The van der Waals surface area contributed by atoms with Crippen LogP contribution in [0.3, 0.4) is 0 Å². The number of carbonyl (C=O) groups is 1. The van der Waals surface area contributed by atoms with Gasteiger partial charge >= 0.3 is 0 Å². The molecule has 0 fully saturated rings. The average molecular weight is 332 g/mol. The van der Waals surface area contributed by atoms with E-state index in [1.165, 1.54) is 19.2 Å². The van der Waals surface area contributed by atoms with Gasteiger partial charge in [-0.1, -0.05) is 25.4 Å². The Morgan fingerprint density at radius 1 is 1.48 bits per heavy atom. The minimum absolute atomic E-state index is 0.113. The van der Waals surface area contributed by atoms with Crippen LogP contribution in [0.5, 0.6) is 0 Å². The number of carbonyl (C=O) groups excluding carboxylic acids is 1. The van der Waals surface area contributed by atoms with Crippen molar-refractivity contribution in [1.82, 2.24) is 0 Å². The molecule has 1 N–H and O–H groups in total. The number of hydrogen-bond donors (Lipinski definition) is 1. The number of ether oxygens (including phenoxy) is 1. The number of hydrogen-bond acceptors (Lipinski definition) is 3. The molecule has 0 aliphatic rings. The first kappa shape index (κ1) is 17.9. The second kappa shape index (κ2) is 8.29. The number of benzene rings is 1. The van der Waals surface area contributed by atoms with Crippen molar-refractivity contribution < 1.29 is 13.9 Å². The van der Waals surface area contributed by atoms with Gasteiger partial charge in [0.05, 0.1) is 12.8 Å². The molecule has 6 heteroatoms. The van der Waals surface area contributed by atoms with Crippen LogP contribution in [0.15, 0.2) is 12.1 Å². The summed E-state index contributed by atoms with van der Waals surface area (Å²) < 4.78 is 18.8. The van der Waals surface area contributed by atoms with Crippen LogP contribution in [0.4, 0.5) is 10.1 Å². The van der Waals surface area contributed by atoms with Crippen molar-refractivity contribution in [2.24, 2.45) is 5.92 Å². The summed E-state index contributed by atoms with van der Waals surface area (Å²) in [7, 11) is 1.47. The molecule has 0 saturated heterocycles. The first-order chi connectivity index (χ1) is 9.83. The molecule has 0 saturated carbocycles. The van der Waals surface area contributed by atoms with E-state index in [4.69, 9.17) is 28.6 Å². The fourth-order valence-electron chi connectivity index (χ4n) is 1.69. The number of anilines is 1. The predicted molar refractivity (Wildman–Crippen MR) is 87.4 cm³/mol. The molecule has 1 aromatic carbocycles. The van der Waals surface area contributed by atoms with Crippen LogP contribution in [0, 0.1) is 11.7 Å². The molecule has 1 rings (SSSR count). The molecular weight excluding hydrogens is 313 g/mol. The van der Waals surface area contributed by atoms with Gasteiger partial charge in [-0.15, -0.1) is 0 Å². The van der Waals surface area contributed by atoms with Crippen LogP contribution in [0.2, 0.25) is 5.02 Å².